The van der Waals surface area contributed by atoms with Gasteiger partial charge in [-0.05, 0) is 62.1 Å². The molecule has 2 aliphatic rings. The molecule has 0 bridgehead atoms. The normalized spacial score (nSPS) is 21.3. The first-order valence-corrected chi connectivity index (χ1v) is 11.6. The molecule has 30 heavy (non-hydrogen) atoms. The molecule has 1 aromatic heterocycles. The predicted octanol–water partition coefficient (Wildman–Crippen LogP) is 5.56. The first-order valence-electron chi connectivity index (χ1n) is 10.7. The van der Waals surface area contributed by atoms with E-state index in [1.807, 2.05) is 42.5 Å². The third kappa shape index (κ3) is 4.10. The van der Waals surface area contributed by atoms with Gasteiger partial charge in [0.2, 0.25) is 11.8 Å². The third-order valence-electron chi connectivity index (χ3n) is 6.10. The fourth-order valence-electron chi connectivity index (χ4n) is 4.25. The molecule has 2 amide bonds. The lowest BCUT2D eigenvalue weighted by Gasteiger charge is -2.29. The Morgan fingerprint density at radius 3 is 2.20 bits per heavy atom. The summed E-state index contributed by atoms with van der Waals surface area (Å²) < 4.78 is 1.18. The maximum Gasteiger partial charge on any atom is 0.228 e. The lowest BCUT2D eigenvalue weighted by atomic mass is 9.79. The number of nitrogens with one attached hydrogen (secondary N) is 2. The highest BCUT2D eigenvalue weighted by atomic mass is 32.1. The Morgan fingerprint density at radius 2 is 1.50 bits per heavy atom. The summed E-state index contributed by atoms with van der Waals surface area (Å²) in [4.78, 5) is 29.8. The van der Waals surface area contributed by atoms with Crippen LogP contribution in [0.4, 0.5) is 11.4 Å². The molecule has 5 nitrogen and oxygen atoms in total. The summed E-state index contributed by atoms with van der Waals surface area (Å²) in [6, 6.07) is 15.6. The van der Waals surface area contributed by atoms with Gasteiger partial charge in [-0.25, -0.2) is 4.98 Å². The highest BCUT2D eigenvalue weighted by Gasteiger charge is 2.34. The van der Waals surface area contributed by atoms with Crippen molar-refractivity contribution < 1.29 is 9.59 Å². The van der Waals surface area contributed by atoms with Crippen LogP contribution in [0.25, 0.3) is 10.2 Å². The van der Waals surface area contributed by atoms with Crippen molar-refractivity contribution in [1.82, 2.24) is 4.98 Å². The van der Waals surface area contributed by atoms with E-state index in [1.54, 1.807) is 11.3 Å². The molecule has 0 spiro atoms. The SMILES string of the molecule is O=C(Nc1ccc(NC(=O)C2CCCCC2c2nc3ccccc3s2)cc1)C1CC1. The predicted molar refractivity (Wildman–Crippen MR) is 121 cm³/mol. The van der Waals surface area contributed by atoms with Crippen molar-refractivity contribution in [2.75, 3.05) is 10.6 Å². The summed E-state index contributed by atoms with van der Waals surface area (Å²) >= 11 is 1.71. The van der Waals surface area contributed by atoms with Gasteiger partial charge in [0, 0.05) is 29.1 Å². The number of nitrogens with zero attached hydrogens (tertiary/aromatic N) is 1. The number of hydrogen-bond acceptors (Lipinski definition) is 4. The van der Waals surface area contributed by atoms with Gasteiger partial charge in [-0.1, -0.05) is 25.0 Å². The molecule has 1 heterocycles. The second kappa shape index (κ2) is 8.19. The summed E-state index contributed by atoms with van der Waals surface area (Å²) in [6.45, 7) is 0. The largest absolute Gasteiger partial charge is 0.326 e. The number of carbonyl (C=O) groups excluding carboxylic acids is 2. The molecule has 2 atom stereocenters. The maximum absolute atomic E-state index is 13.1. The minimum Gasteiger partial charge on any atom is -0.326 e. The second-order valence-electron chi connectivity index (χ2n) is 8.35. The number of benzene rings is 2. The van der Waals surface area contributed by atoms with Crippen molar-refractivity contribution in [2.24, 2.45) is 11.8 Å². The van der Waals surface area contributed by atoms with Crippen molar-refractivity contribution in [3.05, 3.63) is 53.5 Å². The Morgan fingerprint density at radius 1 is 0.833 bits per heavy atom. The van der Waals surface area contributed by atoms with Gasteiger partial charge in [0.1, 0.15) is 0 Å². The molecular weight excluding hydrogens is 394 g/mol. The van der Waals surface area contributed by atoms with Crippen LogP contribution in [0.15, 0.2) is 48.5 Å². The highest BCUT2D eigenvalue weighted by molar-refractivity contribution is 7.18. The van der Waals surface area contributed by atoms with Gasteiger partial charge >= 0.3 is 0 Å². The van der Waals surface area contributed by atoms with Gasteiger partial charge in [0.25, 0.3) is 0 Å². The van der Waals surface area contributed by atoms with Crippen molar-refractivity contribution in [2.45, 2.75) is 44.4 Å². The number of rotatable bonds is 5. The lowest BCUT2D eigenvalue weighted by Crippen LogP contribution is -2.30. The topological polar surface area (TPSA) is 71.1 Å². The van der Waals surface area contributed by atoms with Crippen molar-refractivity contribution >= 4 is 44.7 Å². The first kappa shape index (κ1) is 19.2. The minimum absolute atomic E-state index is 0.0615. The van der Waals surface area contributed by atoms with Gasteiger partial charge in [0.05, 0.1) is 15.2 Å². The van der Waals surface area contributed by atoms with Crippen molar-refractivity contribution in [3.63, 3.8) is 0 Å². The molecule has 2 unspecified atom stereocenters. The zero-order valence-electron chi connectivity index (χ0n) is 16.8. The van der Waals surface area contributed by atoms with Crippen LogP contribution in [0.2, 0.25) is 0 Å². The summed E-state index contributed by atoms with van der Waals surface area (Å²) in [5.41, 5.74) is 2.55. The average Bonchev–Trinajstić information content (AvgIpc) is 3.54. The number of thiazole rings is 1. The number of para-hydroxylation sites is 1. The molecule has 154 valence electrons. The smallest absolute Gasteiger partial charge is 0.228 e. The van der Waals surface area contributed by atoms with Gasteiger partial charge in [-0.2, -0.15) is 0 Å². The maximum atomic E-state index is 13.1. The number of amides is 2. The highest BCUT2D eigenvalue weighted by Crippen LogP contribution is 2.41. The Kier molecular flexibility index (Phi) is 5.25. The molecule has 2 fully saturated rings. The molecule has 2 saturated carbocycles. The summed E-state index contributed by atoms with van der Waals surface area (Å²) in [6.07, 6.45) is 6.08. The monoisotopic (exact) mass is 419 g/mol. The van der Waals surface area contributed by atoms with Crippen molar-refractivity contribution in [1.29, 1.82) is 0 Å². The summed E-state index contributed by atoms with van der Waals surface area (Å²) in [5, 5.41) is 7.09. The van der Waals surface area contributed by atoms with E-state index in [9.17, 15) is 9.59 Å². The van der Waals surface area contributed by atoms with E-state index in [1.165, 1.54) is 4.70 Å². The quantitative estimate of drug-likeness (QED) is 0.569. The van der Waals surface area contributed by atoms with Crippen LogP contribution in [0.5, 0.6) is 0 Å². The molecule has 6 heteroatoms. The second-order valence-corrected chi connectivity index (χ2v) is 9.41. The average molecular weight is 420 g/mol. The zero-order valence-corrected chi connectivity index (χ0v) is 17.6. The number of aromatic nitrogens is 1. The zero-order chi connectivity index (χ0) is 20.5. The summed E-state index contributed by atoms with van der Waals surface area (Å²) in [7, 11) is 0. The molecule has 2 N–H and O–H groups in total. The van der Waals surface area contributed by atoms with Crippen LogP contribution in [0.1, 0.15) is 49.5 Å². The van der Waals surface area contributed by atoms with Crippen LogP contribution in [-0.4, -0.2) is 16.8 Å². The van der Waals surface area contributed by atoms with E-state index < -0.39 is 0 Å². The number of fused-ring (bicyclic) bond motifs is 1. The molecule has 0 radical (unpaired) electrons. The Balaban J connectivity index is 1.28. The third-order valence-corrected chi connectivity index (χ3v) is 7.27. The van der Waals surface area contributed by atoms with Crippen LogP contribution in [0.3, 0.4) is 0 Å². The molecule has 2 aromatic carbocycles. The van der Waals surface area contributed by atoms with E-state index >= 15 is 0 Å². The Hall–Kier alpha value is -2.73. The molecule has 5 rings (SSSR count). The minimum atomic E-state index is -0.0615. The van der Waals surface area contributed by atoms with Crippen molar-refractivity contribution in [3.8, 4) is 0 Å². The van der Waals surface area contributed by atoms with Gasteiger partial charge < -0.3 is 10.6 Å². The van der Waals surface area contributed by atoms with E-state index in [-0.39, 0.29) is 29.6 Å². The molecule has 3 aromatic rings. The van der Waals surface area contributed by atoms with E-state index in [4.69, 9.17) is 4.98 Å². The van der Waals surface area contributed by atoms with E-state index in [0.717, 1.165) is 60.4 Å². The molecule has 0 saturated heterocycles. The fourth-order valence-corrected chi connectivity index (χ4v) is 5.42. The van der Waals surface area contributed by atoms with Gasteiger partial charge in [-0.3, -0.25) is 9.59 Å². The van der Waals surface area contributed by atoms with Crippen LogP contribution in [-0.2, 0) is 9.59 Å². The molecular formula is C24H25N3O2S. The van der Waals surface area contributed by atoms with E-state index in [2.05, 4.69) is 16.7 Å². The number of carbonyl (C=O) groups is 2. The lowest BCUT2D eigenvalue weighted by molar-refractivity contribution is -0.121. The standard InChI is InChI=1S/C24H25N3O2S/c28-22(15-9-10-15)25-16-11-13-17(14-12-16)26-23(29)18-5-1-2-6-19(18)24-27-20-7-3-4-8-21(20)30-24/h3-4,7-8,11-15,18-19H,1-2,5-6,9-10H2,(H,25,28)(H,26,29). The van der Waals surface area contributed by atoms with Crippen LogP contribution >= 0.6 is 11.3 Å². The molecule has 2 aliphatic carbocycles. The molecule has 0 aliphatic heterocycles. The van der Waals surface area contributed by atoms with Gasteiger partial charge in [-0.15, -0.1) is 11.3 Å². The fraction of sp³-hybridized carbons (Fsp3) is 0.375. The van der Waals surface area contributed by atoms with Crippen LogP contribution < -0.4 is 10.6 Å². The number of hydrogen-bond donors (Lipinski definition) is 2. The van der Waals surface area contributed by atoms with E-state index in [0.29, 0.717) is 0 Å². The number of anilines is 2. The Labute approximate surface area is 179 Å². The summed E-state index contributed by atoms with van der Waals surface area (Å²) in [5.74, 6) is 0.443. The van der Waals surface area contributed by atoms with Crippen LogP contribution in [0, 0.1) is 11.8 Å². The Bertz CT molecular complexity index is 1040. The first-order chi connectivity index (χ1) is 14.7. The van der Waals surface area contributed by atoms with Gasteiger partial charge in [0.15, 0.2) is 0 Å².